The van der Waals surface area contributed by atoms with Gasteiger partial charge in [0.2, 0.25) is 5.91 Å². The number of sulfone groups is 1. The molecule has 0 bridgehead atoms. The van der Waals surface area contributed by atoms with Gasteiger partial charge in [0.1, 0.15) is 5.82 Å². The molecule has 0 N–H and O–H groups in total. The van der Waals surface area contributed by atoms with Crippen molar-refractivity contribution in [1.82, 2.24) is 14.9 Å². The summed E-state index contributed by atoms with van der Waals surface area (Å²) in [4.78, 5) is 25.3. The van der Waals surface area contributed by atoms with Gasteiger partial charge in [0, 0.05) is 38.8 Å². The molecule has 1 aliphatic heterocycles. The molecule has 0 aliphatic carbocycles. The van der Waals surface area contributed by atoms with Crippen LogP contribution in [-0.2, 0) is 14.6 Å². The number of amides is 1. The summed E-state index contributed by atoms with van der Waals surface area (Å²) < 4.78 is 26.2. The second kappa shape index (κ2) is 8.08. The molecule has 0 saturated carbocycles. The minimum absolute atomic E-state index is 0.0136. The van der Waals surface area contributed by atoms with E-state index in [-0.39, 0.29) is 23.0 Å². The van der Waals surface area contributed by atoms with Crippen LogP contribution in [-0.4, -0.2) is 61.1 Å². The lowest BCUT2D eigenvalue weighted by Crippen LogP contribution is -2.49. The van der Waals surface area contributed by atoms with E-state index in [1.807, 2.05) is 25.3 Å². The van der Waals surface area contributed by atoms with E-state index in [2.05, 4.69) is 14.9 Å². The molecule has 1 aliphatic rings. The van der Waals surface area contributed by atoms with Gasteiger partial charge in [-0.3, -0.25) is 4.79 Å². The predicted octanol–water partition coefficient (Wildman–Crippen LogP) is 2.51. The third-order valence-electron chi connectivity index (χ3n) is 5.09. The summed E-state index contributed by atoms with van der Waals surface area (Å²) >= 11 is 1.31. The average molecular weight is 431 g/mol. The predicted molar refractivity (Wildman–Crippen MR) is 114 cm³/mol. The summed E-state index contributed by atoms with van der Waals surface area (Å²) in [6, 6.07) is 9.08. The number of benzene rings is 1. The molecule has 1 fully saturated rings. The number of nitrogens with zero attached hydrogens (tertiary/aromatic N) is 4. The lowest BCUT2D eigenvalue weighted by atomic mass is 10.2. The zero-order valence-electron chi connectivity index (χ0n) is 16.1. The summed E-state index contributed by atoms with van der Waals surface area (Å²) in [6.07, 6.45) is 1.82. The molecule has 152 valence electrons. The van der Waals surface area contributed by atoms with Gasteiger partial charge in [0.05, 0.1) is 26.4 Å². The number of carbonyl (C=O) groups excluding carboxylic acids is 1. The highest BCUT2D eigenvalue weighted by molar-refractivity contribution is 7.91. The Bertz CT molecular complexity index is 1120. The van der Waals surface area contributed by atoms with Crippen molar-refractivity contribution in [2.45, 2.75) is 18.2 Å². The van der Waals surface area contributed by atoms with Crippen LogP contribution in [0.15, 0.2) is 46.9 Å². The van der Waals surface area contributed by atoms with Gasteiger partial charge < -0.3 is 9.80 Å². The van der Waals surface area contributed by atoms with Crippen molar-refractivity contribution < 1.29 is 13.2 Å². The molecule has 0 radical (unpaired) electrons. The number of aryl methyl sites for hydroxylation is 1. The van der Waals surface area contributed by atoms with Crippen LogP contribution in [0.5, 0.6) is 0 Å². The topological polar surface area (TPSA) is 83.5 Å². The lowest BCUT2D eigenvalue weighted by molar-refractivity contribution is -0.131. The normalized spacial score (nSPS) is 15.1. The third kappa shape index (κ3) is 4.25. The van der Waals surface area contributed by atoms with Crippen LogP contribution in [0.1, 0.15) is 12.0 Å². The molecule has 29 heavy (non-hydrogen) atoms. The Morgan fingerprint density at radius 1 is 1.10 bits per heavy atom. The van der Waals surface area contributed by atoms with Crippen LogP contribution >= 0.6 is 11.3 Å². The maximum Gasteiger partial charge on any atom is 0.223 e. The zero-order chi connectivity index (χ0) is 20.4. The highest BCUT2D eigenvalue weighted by atomic mass is 32.2. The molecule has 1 saturated heterocycles. The second-order valence-corrected chi connectivity index (χ2v) is 10.0. The third-order valence-corrected chi connectivity index (χ3v) is 7.85. The Hall–Kier alpha value is -2.52. The molecule has 1 aromatic carbocycles. The van der Waals surface area contributed by atoms with Gasteiger partial charge in [0.25, 0.3) is 0 Å². The summed E-state index contributed by atoms with van der Waals surface area (Å²) in [5, 5.41) is 0. The zero-order valence-corrected chi connectivity index (χ0v) is 17.7. The number of rotatable bonds is 5. The van der Waals surface area contributed by atoms with Gasteiger partial charge in [-0.15, -0.1) is 11.3 Å². The van der Waals surface area contributed by atoms with E-state index in [4.69, 9.17) is 0 Å². The monoisotopic (exact) mass is 430 g/mol. The highest BCUT2D eigenvalue weighted by Crippen LogP contribution is 2.27. The smallest absolute Gasteiger partial charge is 0.223 e. The van der Waals surface area contributed by atoms with Crippen LogP contribution in [0.4, 0.5) is 5.82 Å². The molecule has 3 aromatic rings. The van der Waals surface area contributed by atoms with E-state index < -0.39 is 9.84 Å². The van der Waals surface area contributed by atoms with Gasteiger partial charge >= 0.3 is 0 Å². The number of hydrogen-bond acceptors (Lipinski definition) is 7. The van der Waals surface area contributed by atoms with Crippen LogP contribution in [0, 0.1) is 6.92 Å². The Kier molecular flexibility index (Phi) is 5.51. The number of anilines is 1. The first kappa shape index (κ1) is 19.8. The van der Waals surface area contributed by atoms with E-state index >= 15 is 0 Å². The van der Waals surface area contributed by atoms with Crippen molar-refractivity contribution in [2.24, 2.45) is 0 Å². The first-order valence-corrected chi connectivity index (χ1v) is 12.0. The van der Waals surface area contributed by atoms with Gasteiger partial charge in [-0.05, 0) is 30.7 Å². The molecule has 4 rings (SSSR count). The van der Waals surface area contributed by atoms with Crippen LogP contribution in [0.3, 0.4) is 0 Å². The van der Waals surface area contributed by atoms with E-state index in [9.17, 15) is 13.2 Å². The van der Waals surface area contributed by atoms with Crippen molar-refractivity contribution in [3.8, 4) is 0 Å². The van der Waals surface area contributed by atoms with Crippen LogP contribution in [0.25, 0.3) is 10.2 Å². The average Bonchev–Trinajstić information content (AvgIpc) is 3.21. The minimum atomic E-state index is -3.55. The quantitative estimate of drug-likeness (QED) is 0.619. The number of piperazine rings is 1. The fourth-order valence-corrected chi connectivity index (χ4v) is 5.99. The van der Waals surface area contributed by atoms with E-state index in [1.165, 1.54) is 11.3 Å². The summed E-state index contributed by atoms with van der Waals surface area (Å²) in [7, 11) is -3.55. The summed E-state index contributed by atoms with van der Waals surface area (Å²) in [5.74, 6) is 0.590. The van der Waals surface area contributed by atoms with Gasteiger partial charge in [0.15, 0.2) is 9.84 Å². The number of carbonyl (C=O) groups is 1. The minimum Gasteiger partial charge on any atom is -0.353 e. The van der Waals surface area contributed by atoms with E-state index in [0.29, 0.717) is 36.4 Å². The van der Waals surface area contributed by atoms with Crippen LogP contribution < -0.4 is 4.90 Å². The number of thiazole rings is 1. The highest BCUT2D eigenvalue weighted by Gasteiger charge is 2.25. The molecule has 3 heterocycles. The van der Waals surface area contributed by atoms with Crippen molar-refractivity contribution >= 4 is 43.1 Å². The molecular formula is C20H22N4O3S2. The standard InChI is InChI=1S/C20H22N4O3S2/c1-15-5-6-18(21-13-15)23-8-10-24(11-9-23)19(25)7-12-29(26,27)17-4-2-3-16-20(17)28-14-22-16/h2-6,13-14H,7-12H2,1H3. The Morgan fingerprint density at radius 2 is 1.90 bits per heavy atom. The maximum absolute atomic E-state index is 12.8. The van der Waals surface area contributed by atoms with Gasteiger partial charge in [-0.2, -0.15) is 0 Å². The first-order valence-electron chi connectivity index (χ1n) is 9.44. The molecule has 9 heteroatoms. The number of hydrogen-bond donors (Lipinski definition) is 0. The van der Waals surface area contributed by atoms with Gasteiger partial charge in [-0.25, -0.2) is 18.4 Å². The van der Waals surface area contributed by atoms with Crippen molar-refractivity contribution in [1.29, 1.82) is 0 Å². The summed E-state index contributed by atoms with van der Waals surface area (Å²) in [5.41, 5.74) is 3.41. The van der Waals surface area contributed by atoms with Crippen molar-refractivity contribution in [3.63, 3.8) is 0 Å². The maximum atomic E-state index is 12.8. The fraction of sp³-hybridized carbons (Fsp3) is 0.350. The van der Waals surface area contributed by atoms with Gasteiger partial charge in [-0.1, -0.05) is 12.1 Å². The van der Waals surface area contributed by atoms with Crippen LogP contribution in [0.2, 0.25) is 0 Å². The summed E-state index contributed by atoms with van der Waals surface area (Å²) in [6.45, 7) is 4.51. The van der Waals surface area contributed by atoms with Crippen molar-refractivity contribution in [2.75, 3.05) is 36.8 Å². The second-order valence-electron chi connectivity index (χ2n) is 7.09. The molecule has 1 amide bonds. The molecule has 2 aromatic heterocycles. The lowest BCUT2D eigenvalue weighted by Gasteiger charge is -2.35. The Labute approximate surface area is 173 Å². The number of aromatic nitrogens is 2. The fourth-order valence-electron chi connectivity index (χ4n) is 3.43. The molecule has 0 atom stereocenters. The van der Waals surface area contributed by atoms with E-state index in [0.717, 1.165) is 11.4 Å². The Morgan fingerprint density at radius 3 is 2.62 bits per heavy atom. The molecular weight excluding hydrogens is 408 g/mol. The number of pyridine rings is 1. The Balaban J connectivity index is 1.35. The molecule has 0 unspecified atom stereocenters. The molecule has 0 spiro atoms. The van der Waals surface area contributed by atoms with Crippen molar-refractivity contribution in [3.05, 3.63) is 47.6 Å². The first-order chi connectivity index (χ1) is 13.9. The van der Waals surface area contributed by atoms with E-state index in [1.54, 1.807) is 28.6 Å². The molecule has 7 nitrogen and oxygen atoms in total. The number of fused-ring (bicyclic) bond motifs is 1. The SMILES string of the molecule is Cc1ccc(N2CCN(C(=O)CCS(=O)(=O)c3cccc4ncsc34)CC2)nc1. The largest absolute Gasteiger partial charge is 0.353 e.